The Morgan fingerprint density at radius 2 is 0.0609 bits per heavy atom. The van der Waals surface area contributed by atoms with Gasteiger partial charge in [-0.15, -0.1) is 0 Å². The van der Waals surface area contributed by atoms with E-state index in [1.54, 1.807) is 150 Å². The zero-order valence-corrected chi connectivity index (χ0v) is 122. The molecule has 0 aromatic heterocycles. The minimum atomic E-state index is 1.25. The molecule has 0 saturated heterocycles. The van der Waals surface area contributed by atoms with Crippen LogP contribution in [-0.2, 0) is 0 Å². The Morgan fingerprint density at radius 3 is 0.0609 bits per heavy atom. The van der Waals surface area contributed by atoms with E-state index in [9.17, 15) is 0 Å². The van der Waals surface area contributed by atoms with Gasteiger partial charge in [-0.25, -0.2) is 0 Å². The summed E-state index contributed by atoms with van der Waals surface area (Å²) in [5.41, 5.74) is 0. The molecule has 0 atom stereocenters. The van der Waals surface area contributed by atoms with Gasteiger partial charge in [-0.3, -0.25) is 0 Å². The van der Waals surface area contributed by atoms with Crippen molar-refractivity contribution in [2.75, 3.05) is 150 Å². The summed E-state index contributed by atoms with van der Waals surface area (Å²) in [6, 6.07) is 0. The maximum atomic E-state index is 3.53. The maximum Gasteiger partial charge on any atom is -0.0215 e. The second-order valence-electron chi connectivity index (χ2n) is 2.12. The van der Waals surface area contributed by atoms with E-state index in [4.69, 9.17) is 0 Å². The molecule has 0 saturated carbocycles. The Balaban J connectivity index is -0.00000000571. The van der Waals surface area contributed by atoms with Gasteiger partial charge in [0.2, 0.25) is 0 Å². The SMILES string of the molecule is CC.CC.CC.CC.CC.CC.CC.CC.CC.CC.CC.CC.CC.CC.CC.CC.CC.CC.CC.CC.CC.CC.CC.CC.CC.CC.CC.CC.CC.CCC.CCC.CCC.CS.CS.CS.CS.CS.CS.CS.CS.CS.CS.CS.CS.CS.CS.CS.CS.CS.CS.CS.CS.CS.CS.CS.CS. The Bertz CT molecular complexity index is 89.7. The molecule has 0 aliphatic rings. The summed E-state index contributed by atoms with van der Waals surface area (Å²) in [4.78, 5) is 0. The van der Waals surface area contributed by atoms with Crippen LogP contribution >= 0.6 is 303 Å². The minimum absolute atomic E-state index is 1.25. The Kier molecular flexibility index (Phi) is 49100. The van der Waals surface area contributed by atoms with E-state index < -0.39 is 0 Å². The van der Waals surface area contributed by atoms with Crippen LogP contribution in [0.5, 0.6) is 0 Å². The molecule has 0 amide bonds. The highest BCUT2D eigenvalue weighted by Crippen LogP contribution is 1.57. The van der Waals surface area contributed by atoms with E-state index in [0.717, 1.165) is 0 Å². The molecule has 0 spiro atoms. The molecule has 115 heavy (non-hydrogen) atoms. The quantitative estimate of drug-likeness (QED) is 0.105. The van der Waals surface area contributed by atoms with Crippen molar-refractivity contribution in [3.05, 3.63) is 0 Å². The highest BCUT2D eigenvalue weighted by molar-refractivity contribution is 7.82. The number of rotatable bonds is 0. The zero-order chi connectivity index (χ0) is 114. The van der Waals surface area contributed by atoms with Gasteiger partial charge in [-0.1, -0.05) is 462 Å². The molecule has 0 aliphatic carbocycles. The molecule has 0 aromatic carbocycles. The van der Waals surface area contributed by atoms with E-state index in [2.05, 4.69) is 345 Å². The highest BCUT2D eigenvalue weighted by Gasteiger charge is 1.36. The molecular weight excluding hydrogens is 1860 g/mol. The number of hydrogen-bond donors (Lipinski definition) is 24. The van der Waals surface area contributed by atoms with Crippen molar-refractivity contribution < 1.29 is 0 Å². The molecule has 802 valence electrons. The number of thiol groups is 24. The highest BCUT2D eigenvalue weighted by atomic mass is 32.1. The monoisotopic (exact) mass is 2160 g/mol. The lowest BCUT2D eigenvalue weighted by atomic mass is 10.6. The molecule has 0 bridgehead atoms. The zero-order valence-electron chi connectivity index (χ0n) is 101. The predicted molar refractivity (Wildman–Crippen MR) is 735 cm³/mol. The molecule has 0 unspecified atom stereocenters. The molecule has 0 fully saturated rings. The molecule has 0 aliphatic heterocycles. The first-order valence-electron chi connectivity index (χ1n) is 44.0. The fourth-order valence-corrected chi connectivity index (χ4v) is 0. The lowest BCUT2D eigenvalue weighted by molar-refractivity contribution is 1.09. The van der Waals surface area contributed by atoms with Gasteiger partial charge in [-0.05, 0) is 150 Å². The summed E-state index contributed by atoms with van der Waals surface area (Å²) in [5, 5.41) is 0. The van der Waals surface area contributed by atoms with Gasteiger partial charge in [-0.2, -0.15) is 303 Å². The standard InChI is InChI=1S/3C3H8.29C2H6.24CH4S/c3*1-3-2;53*1-2/h3*3H2,1-2H3;29*1-2H3;24*2H,1H3. The van der Waals surface area contributed by atoms with Crippen LogP contribution in [0.1, 0.15) is 462 Å². The topological polar surface area (TPSA) is 0 Å². The maximum absolute atomic E-state index is 3.53. The molecule has 0 aromatic rings. The second kappa shape index (κ2) is 13900. The first-order valence-corrected chi connectivity index (χ1v) is 65.4. The second-order valence-corrected chi connectivity index (χ2v) is 2.12. The summed E-state index contributed by atoms with van der Waals surface area (Å²) in [6.45, 7) is 129. The van der Waals surface area contributed by atoms with Gasteiger partial charge in [0.15, 0.2) is 0 Å². The summed E-state index contributed by atoms with van der Waals surface area (Å²) in [7, 11) is 0. The minimum Gasteiger partial charge on any atom is -0.183 e. The van der Waals surface area contributed by atoms with Gasteiger partial charge in [0.25, 0.3) is 0 Å². The van der Waals surface area contributed by atoms with E-state index in [1.165, 1.54) is 19.3 Å². The van der Waals surface area contributed by atoms with Gasteiger partial charge in [0, 0.05) is 0 Å². The molecule has 0 rings (SSSR count). The average molecular weight is 2160 g/mol. The van der Waals surface area contributed by atoms with Crippen LogP contribution < -0.4 is 0 Å². The Morgan fingerprint density at radius 1 is 0.0609 bits per heavy atom. The van der Waals surface area contributed by atoms with Crippen LogP contribution in [-0.4, -0.2) is 150 Å². The lowest BCUT2D eigenvalue weighted by Gasteiger charge is -1.48. The fourth-order valence-electron chi connectivity index (χ4n) is 0. The van der Waals surface area contributed by atoms with E-state index >= 15 is 0 Å². The van der Waals surface area contributed by atoms with Gasteiger partial charge in [0.05, 0.1) is 0 Å². The third-order valence-electron chi connectivity index (χ3n) is 0. The smallest absolute Gasteiger partial charge is 0.0215 e. The molecule has 24 heteroatoms. The first-order chi connectivity index (χ1) is 57.2. The van der Waals surface area contributed by atoms with Gasteiger partial charge in [0.1, 0.15) is 0 Å². The van der Waals surface area contributed by atoms with Crippen molar-refractivity contribution in [3.8, 4) is 0 Å². The van der Waals surface area contributed by atoms with Crippen molar-refractivity contribution in [1.82, 2.24) is 0 Å². The van der Waals surface area contributed by atoms with Crippen LogP contribution in [0.25, 0.3) is 0 Å². The van der Waals surface area contributed by atoms with Crippen molar-refractivity contribution in [2.45, 2.75) is 462 Å². The molecule has 0 radical (unpaired) electrons. The largest absolute Gasteiger partial charge is 0.183 e. The van der Waals surface area contributed by atoms with E-state index in [1.807, 2.05) is 402 Å². The lowest BCUT2D eigenvalue weighted by Crippen LogP contribution is -1.27. The van der Waals surface area contributed by atoms with Gasteiger partial charge >= 0.3 is 0 Å². The molecule has 0 N–H and O–H groups in total. The van der Waals surface area contributed by atoms with Gasteiger partial charge < -0.3 is 0 Å². The summed E-state index contributed by atoms with van der Waals surface area (Å²) < 4.78 is 0. The predicted octanol–water partition coefficient (Wildman–Crippen LogP) is 47.1. The molecule has 0 nitrogen and oxygen atoms in total. The summed E-state index contributed by atoms with van der Waals surface area (Å²) in [6.07, 6.45) is 44.4. The van der Waals surface area contributed by atoms with Crippen LogP contribution in [0.3, 0.4) is 0 Å². The Hall–Kier alpha value is 8.40. The van der Waals surface area contributed by atoms with Crippen molar-refractivity contribution in [3.63, 3.8) is 0 Å². The van der Waals surface area contributed by atoms with Crippen LogP contribution in [0, 0.1) is 0 Å². The molecular formula is C91H294S24. The summed E-state index contributed by atoms with van der Waals surface area (Å²) >= 11 is 84.7. The first kappa shape index (κ1) is 407. The third kappa shape index (κ3) is 25100. The van der Waals surface area contributed by atoms with Crippen LogP contribution in [0.2, 0.25) is 0 Å². The number of hydrogen-bond acceptors (Lipinski definition) is 24. The Labute approximate surface area is 905 Å². The van der Waals surface area contributed by atoms with Crippen molar-refractivity contribution in [1.29, 1.82) is 0 Å². The fraction of sp³-hybridized carbons (Fsp3) is 1.00. The van der Waals surface area contributed by atoms with Crippen molar-refractivity contribution in [2.24, 2.45) is 0 Å². The van der Waals surface area contributed by atoms with E-state index in [0.29, 0.717) is 0 Å². The third-order valence-corrected chi connectivity index (χ3v) is 0. The summed E-state index contributed by atoms with van der Waals surface area (Å²) in [5.74, 6) is 0. The normalized spacial score (nSPS) is 3.23. The average Bonchev–Trinajstić information content (AvgIpc) is 3.95. The molecule has 0 heterocycles. The van der Waals surface area contributed by atoms with Crippen molar-refractivity contribution >= 4 is 303 Å². The van der Waals surface area contributed by atoms with E-state index in [-0.39, 0.29) is 0 Å². The van der Waals surface area contributed by atoms with Crippen LogP contribution in [0.15, 0.2) is 0 Å². The van der Waals surface area contributed by atoms with Crippen LogP contribution in [0.4, 0.5) is 0 Å².